The summed E-state index contributed by atoms with van der Waals surface area (Å²) in [6.07, 6.45) is 12.2. The molecule has 0 aromatic rings. The molecule has 28 heavy (non-hydrogen) atoms. The minimum Gasteiger partial charge on any atom is -0.471 e. The molecule has 2 fully saturated rings. The number of unbranched alkanes of at least 4 members (excludes halogenated alkanes) is 7. The second kappa shape index (κ2) is 12.1. The molecule has 0 aromatic carbocycles. The molecule has 6 nitrogen and oxygen atoms in total. The zero-order valence-corrected chi connectivity index (χ0v) is 18.2. The van der Waals surface area contributed by atoms with Crippen LogP contribution in [-0.2, 0) is 23.7 Å². The van der Waals surface area contributed by atoms with Gasteiger partial charge >= 0.3 is 0 Å². The Kier molecular flexibility index (Phi) is 10.2. The molecule has 2 aliphatic heterocycles. The fraction of sp³-hybridized carbons (Fsp3) is 0.909. The second-order valence-electron chi connectivity index (χ2n) is 8.33. The molecule has 164 valence electrons. The molecule has 5 atom stereocenters. The van der Waals surface area contributed by atoms with Crippen molar-refractivity contribution >= 4 is 0 Å². The van der Waals surface area contributed by atoms with Crippen LogP contribution in [0.5, 0.6) is 0 Å². The molecule has 0 amide bonds. The fourth-order valence-electron chi connectivity index (χ4n) is 3.79. The van der Waals surface area contributed by atoms with E-state index >= 15 is 0 Å². The van der Waals surface area contributed by atoms with E-state index in [-0.39, 0.29) is 18.3 Å². The predicted molar refractivity (Wildman–Crippen MR) is 110 cm³/mol. The molecule has 2 aliphatic rings. The van der Waals surface area contributed by atoms with E-state index in [9.17, 15) is 0 Å². The highest BCUT2D eigenvalue weighted by molar-refractivity contribution is 4.97. The minimum absolute atomic E-state index is 0.244. The Morgan fingerprint density at radius 1 is 1.07 bits per heavy atom. The largest absolute Gasteiger partial charge is 0.471 e. The Labute approximate surface area is 171 Å². The van der Waals surface area contributed by atoms with Crippen LogP contribution in [-0.4, -0.2) is 49.6 Å². The molecule has 2 N–H and O–H groups in total. The first-order chi connectivity index (χ1) is 13.5. The second-order valence-corrected chi connectivity index (χ2v) is 8.33. The smallest absolute Gasteiger partial charge is 0.217 e. The molecule has 2 rings (SSSR count). The molecule has 0 aromatic heterocycles. The third-order valence-corrected chi connectivity index (χ3v) is 5.36. The van der Waals surface area contributed by atoms with Gasteiger partial charge in [-0.05, 0) is 27.2 Å². The molecule has 2 saturated heterocycles. The monoisotopic (exact) mass is 399 g/mol. The summed E-state index contributed by atoms with van der Waals surface area (Å²) >= 11 is 0. The number of rotatable bonds is 12. The molecule has 0 unspecified atom stereocenters. The number of fused-ring (bicyclic) bond motifs is 1. The number of hydrogen-bond acceptors (Lipinski definition) is 6. The number of allylic oxidation sites excluding steroid dienone is 1. The summed E-state index contributed by atoms with van der Waals surface area (Å²) in [4.78, 5) is 0. The van der Waals surface area contributed by atoms with Gasteiger partial charge in [0.25, 0.3) is 0 Å². The maximum absolute atomic E-state index is 6.44. The highest BCUT2D eigenvalue weighted by Crippen LogP contribution is 2.33. The maximum atomic E-state index is 6.44. The lowest BCUT2D eigenvalue weighted by Crippen LogP contribution is -2.67. The van der Waals surface area contributed by atoms with Crippen molar-refractivity contribution in [3.63, 3.8) is 0 Å². The third kappa shape index (κ3) is 7.30. The molecular weight excluding hydrogens is 358 g/mol. The van der Waals surface area contributed by atoms with Crippen LogP contribution >= 0.6 is 0 Å². The van der Waals surface area contributed by atoms with Gasteiger partial charge in [0.15, 0.2) is 5.79 Å². The van der Waals surface area contributed by atoms with Crippen molar-refractivity contribution < 1.29 is 23.7 Å². The molecule has 0 spiro atoms. The fourth-order valence-corrected chi connectivity index (χ4v) is 3.79. The van der Waals surface area contributed by atoms with Gasteiger partial charge in [-0.2, -0.15) is 0 Å². The summed E-state index contributed by atoms with van der Waals surface area (Å²) in [7, 11) is 0. The molecular formula is C22H41NO5. The van der Waals surface area contributed by atoms with Crippen LogP contribution in [0, 0.1) is 0 Å². The highest BCUT2D eigenvalue weighted by Gasteiger charge is 2.51. The molecule has 2 heterocycles. The first kappa shape index (κ1) is 23.6. The van der Waals surface area contributed by atoms with E-state index in [2.05, 4.69) is 6.92 Å². The van der Waals surface area contributed by atoms with Crippen LogP contribution in [0.1, 0.15) is 79.1 Å². The third-order valence-electron chi connectivity index (χ3n) is 5.36. The first-order valence-corrected chi connectivity index (χ1v) is 11.1. The van der Waals surface area contributed by atoms with Gasteiger partial charge in [-0.3, -0.25) is 0 Å². The van der Waals surface area contributed by atoms with E-state index in [0.29, 0.717) is 13.2 Å². The van der Waals surface area contributed by atoms with Gasteiger partial charge in [0.05, 0.1) is 18.9 Å². The summed E-state index contributed by atoms with van der Waals surface area (Å²) in [6.45, 7) is 9.08. The number of nitrogens with two attached hydrogens (primary N) is 1. The average molecular weight is 400 g/mol. The van der Waals surface area contributed by atoms with Gasteiger partial charge in [0.1, 0.15) is 18.3 Å². The molecule has 0 saturated carbocycles. The van der Waals surface area contributed by atoms with E-state index in [4.69, 9.17) is 29.4 Å². The summed E-state index contributed by atoms with van der Waals surface area (Å²) in [5.41, 5.74) is 6.44. The van der Waals surface area contributed by atoms with Crippen LogP contribution < -0.4 is 5.73 Å². The van der Waals surface area contributed by atoms with Crippen LogP contribution in [0.15, 0.2) is 12.3 Å². The molecule has 0 aliphatic carbocycles. The van der Waals surface area contributed by atoms with Crippen molar-refractivity contribution in [1.82, 2.24) is 0 Å². The number of ether oxygens (including phenoxy) is 5. The summed E-state index contributed by atoms with van der Waals surface area (Å²) < 4.78 is 29.7. The van der Waals surface area contributed by atoms with Crippen molar-refractivity contribution in [2.45, 2.75) is 115 Å². The summed E-state index contributed by atoms with van der Waals surface area (Å²) in [5.74, 6) is -0.665. The molecule has 0 radical (unpaired) electrons. The van der Waals surface area contributed by atoms with Gasteiger partial charge in [0, 0.05) is 6.61 Å². The van der Waals surface area contributed by atoms with Gasteiger partial charge in [-0.15, -0.1) is 0 Å². The minimum atomic E-state index is -0.665. The van der Waals surface area contributed by atoms with Crippen molar-refractivity contribution in [1.29, 1.82) is 0 Å². The van der Waals surface area contributed by atoms with E-state index < -0.39 is 18.1 Å². The standard InChI is InChI=1S/C22H41NO5/c1-5-7-8-9-10-11-12-13-15-24-20-18(23)21(25-14-6-2)27-17-16-26-22(3,4)28-19(17)20/h6,14,17-21H,5,7-13,15-16,23H2,1-4H3/b14-6+/t17-,18-,19-,20-,21+/m1/s1. The lowest BCUT2D eigenvalue weighted by molar-refractivity contribution is -0.366. The van der Waals surface area contributed by atoms with Crippen LogP contribution in [0.3, 0.4) is 0 Å². The Morgan fingerprint density at radius 3 is 2.43 bits per heavy atom. The topological polar surface area (TPSA) is 72.2 Å². The zero-order valence-electron chi connectivity index (χ0n) is 18.2. The van der Waals surface area contributed by atoms with E-state index in [1.165, 1.54) is 44.9 Å². The zero-order chi connectivity index (χ0) is 20.4. The Balaban J connectivity index is 1.81. The summed E-state index contributed by atoms with van der Waals surface area (Å²) in [5, 5.41) is 0. The first-order valence-electron chi connectivity index (χ1n) is 11.1. The average Bonchev–Trinajstić information content (AvgIpc) is 2.66. The van der Waals surface area contributed by atoms with Crippen molar-refractivity contribution in [2.75, 3.05) is 13.2 Å². The normalized spacial score (nSPS) is 32.4. The van der Waals surface area contributed by atoms with Gasteiger partial charge in [0.2, 0.25) is 6.29 Å². The van der Waals surface area contributed by atoms with Gasteiger partial charge < -0.3 is 29.4 Å². The van der Waals surface area contributed by atoms with Gasteiger partial charge in [-0.25, -0.2) is 0 Å². The number of hydrogen-bond donors (Lipinski definition) is 1. The van der Waals surface area contributed by atoms with Crippen LogP contribution in [0.25, 0.3) is 0 Å². The van der Waals surface area contributed by atoms with Crippen LogP contribution in [0.2, 0.25) is 0 Å². The van der Waals surface area contributed by atoms with Gasteiger partial charge in [-0.1, -0.05) is 57.9 Å². The SMILES string of the molecule is C/C=C/O[C@H]1O[C@@H]2COC(C)(C)O[C@H]2[C@H](OCCCCCCCCCC)[C@H]1N. The predicted octanol–water partition coefficient (Wildman–Crippen LogP) is 4.27. The van der Waals surface area contributed by atoms with E-state index in [1.807, 2.05) is 26.8 Å². The van der Waals surface area contributed by atoms with Crippen molar-refractivity contribution in [3.8, 4) is 0 Å². The van der Waals surface area contributed by atoms with Crippen LogP contribution in [0.4, 0.5) is 0 Å². The maximum Gasteiger partial charge on any atom is 0.217 e. The summed E-state index contributed by atoms with van der Waals surface area (Å²) in [6, 6.07) is -0.416. The molecule has 0 bridgehead atoms. The Hall–Kier alpha value is -0.660. The lowest BCUT2D eigenvalue weighted by Gasteiger charge is -2.50. The molecule has 6 heteroatoms. The van der Waals surface area contributed by atoms with E-state index in [0.717, 1.165) is 6.42 Å². The van der Waals surface area contributed by atoms with E-state index in [1.54, 1.807) is 6.26 Å². The van der Waals surface area contributed by atoms with Crippen molar-refractivity contribution in [2.24, 2.45) is 5.73 Å². The lowest BCUT2D eigenvalue weighted by atomic mass is 9.95. The Morgan fingerprint density at radius 2 is 1.75 bits per heavy atom. The highest BCUT2D eigenvalue weighted by atomic mass is 16.8. The Bertz CT molecular complexity index is 456. The van der Waals surface area contributed by atoms with Crippen molar-refractivity contribution in [3.05, 3.63) is 12.3 Å². The quantitative estimate of drug-likeness (QED) is 0.390.